The van der Waals surface area contributed by atoms with Gasteiger partial charge in [0, 0.05) is 6.04 Å². The van der Waals surface area contributed by atoms with Crippen molar-refractivity contribution in [3.8, 4) is 0 Å². The molecule has 1 unspecified atom stereocenters. The largest absolute Gasteiger partial charge is 0.465 e. The predicted molar refractivity (Wildman–Crippen MR) is 73.2 cm³/mol. The molecule has 5 nitrogen and oxygen atoms in total. The molecule has 1 atom stereocenters. The minimum Gasteiger partial charge on any atom is -0.465 e. The Labute approximate surface area is 121 Å². The van der Waals surface area contributed by atoms with Crippen LogP contribution < -0.4 is 0 Å². The highest BCUT2D eigenvalue weighted by Gasteiger charge is 2.34. The minimum atomic E-state index is -0.673. The van der Waals surface area contributed by atoms with Crippen molar-refractivity contribution in [2.75, 3.05) is 6.61 Å². The number of aromatic nitrogens is 3. The summed E-state index contributed by atoms with van der Waals surface area (Å²) in [5, 5.41) is 8.02. The average Bonchev–Trinajstić information content (AvgIpc) is 3.21. The molecule has 1 saturated carbocycles. The van der Waals surface area contributed by atoms with Crippen molar-refractivity contribution in [2.45, 2.75) is 31.7 Å². The molecule has 1 aliphatic rings. The maximum Gasteiger partial charge on any atom is 0.321 e. The number of esters is 1. The second-order valence-corrected chi connectivity index (χ2v) is 5.06. The Bertz CT molecular complexity index is 635. The number of carbonyl (C=O) groups excluding carboxylic acids is 1. The van der Waals surface area contributed by atoms with Gasteiger partial charge in [0.05, 0.1) is 6.61 Å². The van der Waals surface area contributed by atoms with Crippen LogP contribution >= 0.6 is 0 Å². The molecular formula is C15H16FN3O2. The Hall–Kier alpha value is -2.24. The van der Waals surface area contributed by atoms with E-state index in [1.165, 1.54) is 12.1 Å². The number of carbonyl (C=O) groups is 1. The molecule has 3 rings (SSSR count). The van der Waals surface area contributed by atoms with Crippen LogP contribution in [0.2, 0.25) is 0 Å². The van der Waals surface area contributed by atoms with Crippen molar-refractivity contribution in [1.29, 1.82) is 0 Å². The summed E-state index contributed by atoms with van der Waals surface area (Å²) in [4.78, 5) is 12.3. The lowest BCUT2D eigenvalue weighted by molar-refractivity contribution is -0.144. The molecule has 0 N–H and O–H groups in total. The van der Waals surface area contributed by atoms with Gasteiger partial charge < -0.3 is 9.30 Å². The van der Waals surface area contributed by atoms with Crippen LogP contribution in [0.4, 0.5) is 4.39 Å². The first-order valence-electron chi connectivity index (χ1n) is 7.02. The van der Waals surface area contributed by atoms with Crippen LogP contribution in [0.15, 0.2) is 30.6 Å². The molecule has 110 valence electrons. The molecule has 0 aliphatic heterocycles. The number of nitrogens with zero attached hydrogens (tertiary/aromatic N) is 3. The zero-order valence-electron chi connectivity index (χ0n) is 11.7. The Morgan fingerprint density at radius 3 is 2.76 bits per heavy atom. The second kappa shape index (κ2) is 5.63. The van der Waals surface area contributed by atoms with E-state index < -0.39 is 5.92 Å². The van der Waals surface area contributed by atoms with E-state index in [-0.39, 0.29) is 18.4 Å². The summed E-state index contributed by atoms with van der Waals surface area (Å²) in [6.07, 6.45) is 3.76. The first kappa shape index (κ1) is 13.7. The SMILES string of the molecule is CCOC(=O)C(c1ccc(F)cc1)c1nncn1C1CC1. The molecule has 21 heavy (non-hydrogen) atoms. The van der Waals surface area contributed by atoms with E-state index in [1.807, 2.05) is 4.57 Å². The average molecular weight is 289 g/mol. The summed E-state index contributed by atoms with van der Waals surface area (Å²) in [7, 11) is 0. The summed E-state index contributed by atoms with van der Waals surface area (Å²) in [5.74, 6) is -0.847. The summed E-state index contributed by atoms with van der Waals surface area (Å²) in [5.41, 5.74) is 0.657. The van der Waals surface area contributed by atoms with Gasteiger partial charge in [0.1, 0.15) is 18.1 Å². The maximum atomic E-state index is 13.1. The lowest BCUT2D eigenvalue weighted by atomic mass is 9.98. The van der Waals surface area contributed by atoms with E-state index in [9.17, 15) is 9.18 Å². The van der Waals surface area contributed by atoms with E-state index in [4.69, 9.17) is 4.74 Å². The summed E-state index contributed by atoms with van der Waals surface area (Å²) < 4.78 is 20.2. The number of hydrogen-bond acceptors (Lipinski definition) is 4. The quantitative estimate of drug-likeness (QED) is 0.793. The molecule has 0 amide bonds. The van der Waals surface area contributed by atoms with Crippen LogP contribution in [0.25, 0.3) is 0 Å². The van der Waals surface area contributed by atoms with Gasteiger partial charge >= 0.3 is 5.97 Å². The lowest BCUT2D eigenvalue weighted by Crippen LogP contribution is -2.21. The topological polar surface area (TPSA) is 57.0 Å². The molecule has 1 aromatic carbocycles. The number of benzene rings is 1. The first-order chi connectivity index (χ1) is 10.2. The van der Waals surface area contributed by atoms with Gasteiger partial charge in [-0.2, -0.15) is 0 Å². The maximum absolute atomic E-state index is 13.1. The smallest absolute Gasteiger partial charge is 0.321 e. The molecule has 1 heterocycles. The molecule has 0 bridgehead atoms. The molecule has 2 aromatic rings. The standard InChI is InChI=1S/C15H16FN3O2/c1-2-21-15(20)13(10-3-5-11(16)6-4-10)14-18-17-9-19(14)12-7-8-12/h3-6,9,12-13H,2,7-8H2,1H3. The van der Waals surface area contributed by atoms with E-state index >= 15 is 0 Å². The van der Waals surface area contributed by atoms with Crippen LogP contribution in [-0.4, -0.2) is 27.3 Å². The van der Waals surface area contributed by atoms with Gasteiger partial charge in [-0.15, -0.1) is 10.2 Å². The monoisotopic (exact) mass is 289 g/mol. The number of hydrogen-bond donors (Lipinski definition) is 0. The third-order valence-corrected chi connectivity index (χ3v) is 3.52. The molecule has 6 heteroatoms. The molecular weight excluding hydrogens is 273 g/mol. The van der Waals surface area contributed by atoms with Crippen molar-refractivity contribution < 1.29 is 13.9 Å². The lowest BCUT2D eigenvalue weighted by Gasteiger charge is -2.16. The van der Waals surface area contributed by atoms with E-state index in [0.29, 0.717) is 17.4 Å². The number of ether oxygens (including phenoxy) is 1. The number of rotatable bonds is 5. The predicted octanol–water partition coefficient (Wildman–Crippen LogP) is 2.45. The highest BCUT2D eigenvalue weighted by molar-refractivity contribution is 5.81. The Morgan fingerprint density at radius 2 is 2.14 bits per heavy atom. The van der Waals surface area contributed by atoms with Crippen molar-refractivity contribution in [3.05, 3.63) is 47.8 Å². The third kappa shape index (κ3) is 2.79. The Morgan fingerprint density at radius 1 is 1.43 bits per heavy atom. The Balaban J connectivity index is 2.00. The second-order valence-electron chi connectivity index (χ2n) is 5.06. The normalized spacial score (nSPS) is 15.7. The van der Waals surface area contributed by atoms with Crippen LogP contribution in [0, 0.1) is 5.82 Å². The van der Waals surface area contributed by atoms with Crippen molar-refractivity contribution in [1.82, 2.24) is 14.8 Å². The van der Waals surface area contributed by atoms with Gasteiger partial charge in [-0.05, 0) is 37.5 Å². The van der Waals surface area contributed by atoms with Gasteiger partial charge in [0.25, 0.3) is 0 Å². The third-order valence-electron chi connectivity index (χ3n) is 3.52. The fourth-order valence-electron chi connectivity index (χ4n) is 2.36. The zero-order chi connectivity index (χ0) is 14.8. The summed E-state index contributed by atoms with van der Waals surface area (Å²) >= 11 is 0. The molecule has 0 saturated heterocycles. The van der Waals surface area contributed by atoms with E-state index in [1.54, 1.807) is 25.4 Å². The Kier molecular flexibility index (Phi) is 3.68. The summed E-state index contributed by atoms with van der Waals surface area (Å²) in [6.45, 7) is 2.04. The molecule has 0 radical (unpaired) electrons. The van der Waals surface area contributed by atoms with E-state index in [0.717, 1.165) is 12.8 Å². The van der Waals surface area contributed by atoms with Crippen molar-refractivity contribution in [2.24, 2.45) is 0 Å². The zero-order valence-corrected chi connectivity index (χ0v) is 11.7. The first-order valence-corrected chi connectivity index (χ1v) is 7.02. The highest BCUT2D eigenvalue weighted by Crippen LogP contribution is 2.38. The van der Waals surface area contributed by atoms with Crippen LogP contribution in [0.5, 0.6) is 0 Å². The van der Waals surface area contributed by atoms with Gasteiger partial charge in [-0.25, -0.2) is 4.39 Å². The van der Waals surface area contributed by atoms with Gasteiger partial charge in [-0.1, -0.05) is 12.1 Å². The number of halogens is 1. The van der Waals surface area contributed by atoms with Crippen molar-refractivity contribution in [3.63, 3.8) is 0 Å². The fourth-order valence-corrected chi connectivity index (χ4v) is 2.36. The van der Waals surface area contributed by atoms with Crippen LogP contribution in [-0.2, 0) is 9.53 Å². The van der Waals surface area contributed by atoms with Gasteiger partial charge in [0.15, 0.2) is 5.82 Å². The fraction of sp³-hybridized carbons (Fsp3) is 0.400. The van der Waals surface area contributed by atoms with Crippen LogP contribution in [0.3, 0.4) is 0 Å². The molecule has 1 aromatic heterocycles. The van der Waals surface area contributed by atoms with Gasteiger partial charge in [0.2, 0.25) is 0 Å². The van der Waals surface area contributed by atoms with Crippen LogP contribution in [0.1, 0.15) is 43.1 Å². The van der Waals surface area contributed by atoms with E-state index in [2.05, 4.69) is 10.2 Å². The molecule has 1 fully saturated rings. The van der Waals surface area contributed by atoms with Gasteiger partial charge in [-0.3, -0.25) is 4.79 Å². The summed E-state index contributed by atoms with van der Waals surface area (Å²) in [6, 6.07) is 6.19. The van der Waals surface area contributed by atoms with Crippen molar-refractivity contribution >= 4 is 5.97 Å². The molecule has 0 spiro atoms. The highest BCUT2D eigenvalue weighted by atomic mass is 19.1. The molecule has 1 aliphatic carbocycles. The minimum absolute atomic E-state index is 0.286.